The van der Waals surface area contributed by atoms with E-state index in [-0.39, 0.29) is 6.04 Å². The third kappa shape index (κ3) is 3.29. The second kappa shape index (κ2) is 6.19. The van der Waals surface area contributed by atoms with Gasteiger partial charge in [-0.2, -0.15) is 0 Å². The van der Waals surface area contributed by atoms with E-state index in [0.717, 1.165) is 17.2 Å². The molecule has 16 heavy (non-hydrogen) atoms. The van der Waals surface area contributed by atoms with Crippen molar-refractivity contribution < 1.29 is 9.47 Å². The normalized spacial score (nSPS) is 12.0. The van der Waals surface area contributed by atoms with Gasteiger partial charge in [-0.25, -0.2) is 0 Å². The molecule has 90 valence electrons. The standard InChI is InChI=1S/C11H19N3O2/c1-15-9-3-4-11(16-2)10(5-9)14-7-8(13)6-12/h3-5,8,14H,6-7,12-13H2,1-2H3. The van der Waals surface area contributed by atoms with Crippen molar-refractivity contribution in [3.05, 3.63) is 18.2 Å². The van der Waals surface area contributed by atoms with Crippen molar-refractivity contribution >= 4 is 5.69 Å². The number of rotatable bonds is 6. The van der Waals surface area contributed by atoms with Gasteiger partial charge in [-0.3, -0.25) is 0 Å². The van der Waals surface area contributed by atoms with Gasteiger partial charge in [0.05, 0.1) is 19.9 Å². The van der Waals surface area contributed by atoms with E-state index in [2.05, 4.69) is 5.32 Å². The van der Waals surface area contributed by atoms with E-state index in [4.69, 9.17) is 20.9 Å². The number of ether oxygens (including phenoxy) is 2. The molecular weight excluding hydrogens is 206 g/mol. The van der Waals surface area contributed by atoms with E-state index in [1.165, 1.54) is 0 Å². The second-order valence-corrected chi connectivity index (χ2v) is 3.44. The number of hydrogen-bond donors (Lipinski definition) is 3. The van der Waals surface area contributed by atoms with Crippen molar-refractivity contribution in [3.63, 3.8) is 0 Å². The van der Waals surface area contributed by atoms with E-state index in [1.807, 2.05) is 18.2 Å². The quantitative estimate of drug-likeness (QED) is 0.653. The lowest BCUT2D eigenvalue weighted by atomic mass is 10.2. The van der Waals surface area contributed by atoms with E-state index in [1.54, 1.807) is 14.2 Å². The van der Waals surface area contributed by atoms with Gasteiger partial charge in [-0.15, -0.1) is 0 Å². The van der Waals surface area contributed by atoms with Crippen LogP contribution in [-0.4, -0.2) is 33.4 Å². The van der Waals surface area contributed by atoms with Gasteiger partial charge in [0.2, 0.25) is 0 Å². The lowest BCUT2D eigenvalue weighted by Crippen LogP contribution is -2.36. The fraction of sp³-hybridized carbons (Fsp3) is 0.455. The lowest BCUT2D eigenvalue weighted by Gasteiger charge is -2.15. The first kappa shape index (κ1) is 12.6. The zero-order valence-corrected chi connectivity index (χ0v) is 9.69. The summed E-state index contributed by atoms with van der Waals surface area (Å²) < 4.78 is 10.4. The molecule has 5 N–H and O–H groups in total. The zero-order valence-electron chi connectivity index (χ0n) is 9.69. The van der Waals surface area contributed by atoms with Crippen LogP contribution in [0.4, 0.5) is 5.69 Å². The van der Waals surface area contributed by atoms with Crippen LogP contribution >= 0.6 is 0 Å². The third-order valence-electron chi connectivity index (χ3n) is 2.26. The Bertz CT molecular complexity index is 331. The van der Waals surface area contributed by atoms with Crippen LogP contribution in [0.15, 0.2) is 18.2 Å². The molecule has 0 fully saturated rings. The molecule has 0 aliphatic carbocycles. The summed E-state index contributed by atoms with van der Waals surface area (Å²) in [7, 11) is 3.24. The van der Waals surface area contributed by atoms with Gasteiger partial charge in [-0.1, -0.05) is 0 Å². The second-order valence-electron chi connectivity index (χ2n) is 3.44. The Morgan fingerprint density at radius 2 is 2.06 bits per heavy atom. The van der Waals surface area contributed by atoms with Crippen molar-refractivity contribution in [2.45, 2.75) is 6.04 Å². The molecule has 1 aromatic rings. The van der Waals surface area contributed by atoms with E-state index >= 15 is 0 Å². The molecule has 1 atom stereocenters. The molecule has 0 aromatic heterocycles. The van der Waals surface area contributed by atoms with Crippen LogP contribution in [-0.2, 0) is 0 Å². The van der Waals surface area contributed by atoms with Crippen molar-refractivity contribution in [1.82, 2.24) is 0 Å². The van der Waals surface area contributed by atoms with Crippen molar-refractivity contribution in [3.8, 4) is 11.5 Å². The summed E-state index contributed by atoms with van der Waals surface area (Å²) in [6, 6.07) is 5.47. The molecular formula is C11H19N3O2. The molecule has 0 aliphatic heterocycles. The maximum atomic E-state index is 5.72. The lowest BCUT2D eigenvalue weighted by molar-refractivity contribution is 0.404. The molecule has 0 heterocycles. The number of nitrogens with one attached hydrogen (secondary N) is 1. The summed E-state index contributed by atoms with van der Waals surface area (Å²) in [6.45, 7) is 1.04. The Hall–Kier alpha value is -1.46. The largest absolute Gasteiger partial charge is 0.497 e. The van der Waals surface area contributed by atoms with Crippen molar-refractivity contribution in [2.75, 3.05) is 32.6 Å². The summed E-state index contributed by atoms with van der Waals surface area (Å²) in [6.07, 6.45) is 0. The SMILES string of the molecule is COc1ccc(OC)c(NCC(N)CN)c1. The van der Waals surface area contributed by atoms with Crippen LogP contribution in [0.25, 0.3) is 0 Å². The van der Waals surface area contributed by atoms with Gasteiger partial charge < -0.3 is 26.3 Å². The maximum Gasteiger partial charge on any atom is 0.142 e. The molecule has 1 rings (SSSR count). The Balaban J connectivity index is 2.75. The minimum absolute atomic E-state index is 0.0732. The number of hydrogen-bond acceptors (Lipinski definition) is 5. The first-order valence-corrected chi connectivity index (χ1v) is 5.12. The van der Waals surface area contributed by atoms with Crippen LogP contribution in [0.2, 0.25) is 0 Å². The molecule has 0 saturated carbocycles. The molecule has 0 spiro atoms. The molecule has 0 saturated heterocycles. The predicted molar refractivity (Wildman–Crippen MR) is 65.1 cm³/mol. The van der Waals surface area contributed by atoms with Gasteiger partial charge >= 0.3 is 0 Å². The topological polar surface area (TPSA) is 82.5 Å². The Kier molecular flexibility index (Phi) is 4.88. The molecule has 0 amide bonds. The van der Waals surface area contributed by atoms with E-state index in [9.17, 15) is 0 Å². The number of anilines is 1. The highest BCUT2D eigenvalue weighted by molar-refractivity contribution is 5.59. The van der Waals surface area contributed by atoms with Crippen LogP contribution in [0.1, 0.15) is 0 Å². The average molecular weight is 225 g/mol. The highest BCUT2D eigenvalue weighted by Gasteiger charge is 2.06. The van der Waals surface area contributed by atoms with Gasteiger partial charge in [0, 0.05) is 25.2 Å². The third-order valence-corrected chi connectivity index (χ3v) is 2.26. The van der Waals surface area contributed by atoms with E-state index < -0.39 is 0 Å². The monoisotopic (exact) mass is 225 g/mol. The first-order valence-electron chi connectivity index (χ1n) is 5.12. The number of nitrogens with two attached hydrogens (primary N) is 2. The highest BCUT2D eigenvalue weighted by atomic mass is 16.5. The fourth-order valence-electron chi connectivity index (χ4n) is 1.28. The molecule has 0 bridgehead atoms. The summed E-state index contributed by atoms with van der Waals surface area (Å²) in [5.41, 5.74) is 12.0. The van der Waals surface area contributed by atoms with Gasteiger partial charge in [-0.05, 0) is 12.1 Å². The van der Waals surface area contributed by atoms with Crippen molar-refractivity contribution in [2.24, 2.45) is 11.5 Å². The molecule has 5 heteroatoms. The van der Waals surface area contributed by atoms with Crippen LogP contribution in [0.3, 0.4) is 0 Å². The van der Waals surface area contributed by atoms with Crippen LogP contribution in [0.5, 0.6) is 11.5 Å². The predicted octanol–water partition coefficient (Wildman–Crippen LogP) is 0.402. The molecule has 5 nitrogen and oxygen atoms in total. The average Bonchev–Trinajstić information content (AvgIpc) is 2.35. The molecule has 1 aromatic carbocycles. The summed E-state index contributed by atoms with van der Waals surface area (Å²) >= 11 is 0. The number of methoxy groups -OCH3 is 2. The van der Waals surface area contributed by atoms with Gasteiger partial charge in [0.25, 0.3) is 0 Å². The summed E-state index contributed by atoms with van der Waals surface area (Å²) in [5.74, 6) is 1.52. The highest BCUT2D eigenvalue weighted by Crippen LogP contribution is 2.28. The van der Waals surface area contributed by atoms with Gasteiger partial charge in [0.15, 0.2) is 0 Å². The zero-order chi connectivity index (χ0) is 12.0. The summed E-state index contributed by atoms with van der Waals surface area (Å²) in [5, 5.41) is 3.18. The Labute approximate surface area is 95.7 Å². The smallest absolute Gasteiger partial charge is 0.142 e. The van der Waals surface area contributed by atoms with Crippen LogP contribution in [0, 0.1) is 0 Å². The van der Waals surface area contributed by atoms with Crippen LogP contribution < -0.4 is 26.3 Å². The molecule has 1 unspecified atom stereocenters. The molecule has 0 radical (unpaired) electrons. The fourth-order valence-corrected chi connectivity index (χ4v) is 1.28. The Morgan fingerprint density at radius 3 is 2.62 bits per heavy atom. The maximum absolute atomic E-state index is 5.72. The van der Waals surface area contributed by atoms with E-state index in [0.29, 0.717) is 13.1 Å². The minimum atomic E-state index is -0.0732. The first-order chi connectivity index (χ1) is 7.71. The summed E-state index contributed by atoms with van der Waals surface area (Å²) in [4.78, 5) is 0. The Morgan fingerprint density at radius 1 is 1.31 bits per heavy atom. The van der Waals surface area contributed by atoms with Gasteiger partial charge in [0.1, 0.15) is 11.5 Å². The van der Waals surface area contributed by atoms with Crippen molar-refractivity contribution in [1.29, 1.82) is 0 Å². The number of benzene rings is 1. The minimum Gasteiger partial charge on any atom is -0.497 e. The molecule has 0 aliphatic rings.